The predicted molar refractivity (Wildman–Crippen MR) is 87.5 cm³/mol. The molecule has 0 radical (unpaired) electrons. The summed E-state index contributed by atoms with van der Waals surface area (Å²) in [7, 11) is 0. The van der Waals surface area contributed by atoms with Crippen LogP contribution in [0.1, 0.15) is 64.0 Å². The van der Waals surface area contributed by atoms with Crippen molar-refractivity contribution in [2.24, 2.45) is 5.92 Å². The SMILES string of the molecule is CCNC(c1ccc(C)nc1C)C1CC(C)(C)OC1(C)C. The van der Waals surface area contributed by atoms with Crippen molar-refractivity contribution in [1.29, 1.82) is 0 Å². The number of hydrogen-bond donors (Lipinski definition) is 1. The highest BCUT2D eigenvalue weighted by Gasteiger charge is 2.49. The van der Waals surface area contributed by atoms with E-state index in [0.29, 0.717) is 12.0 Å². The van der Waals surface area contributed by atoms with Gasteiger partial charge in [0.2, 0.25) is 0 Å². The summed E-state index contributed by atoms with van der Waals surface area (Å²) in [6.07, 6.45) is 1.06. The van der Waals surface area contributed by atoms with Crippen LogP contribution in [0.4, 0.5) is 0 Å². The molecule has 0 bridgehead atoms. The molecule has 118 valence electrons. The molecule has 1 saturated heterocycles. The number of hydrogen-bond acceptors (Lipinski definition) is 3. The van der Waals surface area contributed by atoms with Crippen molar-refractivity contribution in [3.05, 3.63) is 29.1 Å². The Kier molecular flexibility index (Phi) is 4.46. The highest BCUT2D eigenvalue weighted by molar-refractivity contribution is 5.27. The Bertz CT molecular complexity index is 508. The fourth-order valence-electron chi connectivity index (χ4n) is 3.84. The molecular formula is C18H30N2O. The Morgan fingerprint density at radius 3 is 2.43 bits per heavy atom. The lowest BCUT2D eigenvalue weighted by molar-refractivity contribution is -0.0778. The van der Waals surface area contributed by atoms with Gasteiger partial charge in [-0.1, -0.05) is 13.0 Å². The van der Waals surface area contributed by atoms with E-state index < -0.39 is 0 Å². The Labute approximate surface area is 129 Å². The van der Waals surface area contributed by atoms with Gasteiger partial charge in [-0.2, -0.15) is 0 Å². The smallest absolute Gasteiger partial charge is 0.0681 e. The van der Waals surface area contributed by atoms with Crippen molar-refractivity contribution in [3.63, 3.8) is 0 Å². The van der Waals surface area contributed by atoms with Gasteiger partial charge in [0.15, 0.2) is 0 Å². The van der Waals surface area contributed by atoms with E-state index in [1.54, 1.807) is 0 Å². The van der Waals surface area contributed by atoms with Crippen LogP contribution < -0.4 is 5.32 Å². The molecule has 1 aromatic heterocycles. The van der Waals surface area contributed by atoms with Gasteiger partial charge >= 0.3 is 0 Å². The first-order valence-electron chi connectivity index (χ1n) is 8.04. The van der Waals surface area contributed by atoms with Gasteiger partial charge in [0, 0.05) is 23.3 Å². The van der Waals surface area contributed by atoms with Gasteiger partial charge in [-0.05, 0) is 66.1 Å². The summed E-state index contributed by atoms with van der Waals surface area (Å²) in [5.74, 6) is 0.440. The maximum Gasteiger partial charge on any atom is 0.0681 e. The number of pyridine rings is 1. The van der Waals surface area contributed by atoms with Gasteiger partial charge < -0.3 is 10.1 Å². The van der Waals surface area contributed by atoms with E-state index in [4.69, 9.17) is 4.74 Å². The van der Waals surface area contributed by atoms with Gasteiger partial charge in [-0.3, -0.25) is 4.98 Å². The lowest BCUT2D eigenvalue weighted by Gasteiger charge is -2.34. The molecule has 0 aromatic carbocycles. The van der Waals surface area contributed by atoms with E-state index in [-0.39, 0.29) is 11.2 Å². The lowest BCUT2D eigenvalue weighted by Crippen LogP contribution is -2.39. The molecule has 2 unspecified atom stereocenters. The molecule has 0 aliphatic carbocycles. The van der Waals surface area contributed by atoms with E-state index in [9.17, 15) is 0 Å². The topological polar surface area (TPSA) is 34.2 Å². The number of aromatic nitrogens is 1. The van der Waals surface area contributed by atoms with Crippen LogP contribution in [0.5, 0.6) is 0 Å². The number of nitrogens with one attached hydrogen (secondary N) is 1. The third-order valence-electron chi connectivity index (χ3n) is 4.57. The number of rotatable bonds is 4. The van der Waals surface area contributed by atoms with Crippen LogP contribution in [0.15, 0.2) is 12.1 Å². The predicted octanol–water partition coefficient (Wildman–Crippen LogP) is 3.94. The highest BCUT2D eigenvalue weighted by Crippen LogP contribution is 2.47. The quantitative estimate of drug-likeness (QED) is 0.912. The fraction of sp³-hybridized carbons (Fsp3) is 0.722. The summed E-state index contributed by atoms with van der Waals surface area (Å²) >= 11 is 0. The van der Waals surface area contributed by atoms with Crippen molar-refractivity contribution in [3.8, 4) is 0 Å². The van der Waals surface area contributed by atoms with Crippen molar-refractivity contribution in [2.75, 3.05) is 6.54 Å². The molecule has 1 aromatic rings. The second kappa shape index (κ2) is 5.69. The van der Waals surface area contributed by atoms with Crippen LogP contribution in [-0.2, 0) is 4.74 Å². The Hall–Kier alpha value is -0.930. The second-order valence-corrected chi connectivity index (χ2v) is 7.44. The molecular weight excluding hydrogens is 260 g/mol. The Balaban J connectivity index is 2.39. The third-order valence-corrected chi connectivity index (χ3v) is 4.57. The van der Waals surface area contributed by atoms with E-state index in [1.165, 1.54) is 5.56 Å². The molecule has 2 heterocycles. The lowest BCUT2D eigenvalue weighted by atomic mass is 9.78. The number of nitrogens with zero attached hydrogens (tertiary/aromatic N) is 1. The van der Waals surface area contributed by atoms with Gasteiger partial charge in [-0.25, -0.2) is 0 Å². The molecule has 0 amide bonds. The van der Waals surface area contributed by atoms with E-state index in [2.05, 4.69) is 64.0 Å². The van der Waals surface area contributed by atoms with Crippen LogP contribution in [0.25, 0.3) is 0 Å². The zero-order chi connectivity index (χ0) is 15.8. The zero-order valence-electron chi connectivity index (χ0n) is 14.6. The largest absolute Gasteiger partial charge is 0.369 e. The van der Waals surface area contributed by atoms with Crippen LogP contribution in [-0.4, -0.2) is 22.7 Å². The second-order valence-electron chi connectivity index (χ2n) is 7.44. The monoisotopic (exact) mass is 290 g/mol. The van der Waals surface area contributed by atoms with E-state index >= 15 is 0 Å². The maximum atomic E-state index is 6.30. The van der Waals surface area contributed by atoms with Crippen molar-refractivity contribution >= 4 is 0 Å². The normalized spacial score (nSPS) is 25.0. The highest BCUT2D eigenvalue weighted by atomic mass is 16.5. The average Bonchev–Trinajstić information content (AvgIpc) is 2.55. The summed E-state index contributed by atoms with van der Waals surface area (Å²) in [4.78, 5) is 4.65. The first-order valence-corrected chi connectivity index (χ1v) is 8.04. The molecule has 3 heteroatoms. The van der Waals surface area contributed by atoms with Gasteiger partial charge in [0.1, 0.15) is 0 Å². The summed E-state index contributed by atoms with van der Waals surface area (Å²) in [5.41, 5.74) is 3.32. The minimum absolute atomic E-state index is 0.0616. The van der Waals surface area contributed by atoms with Crippen molar-refractivity contribution < 1.29 is 4.74 Å². The molecule has 1 N–H and O–H groups in total. The maximum absolute atomic E-state index is 6.30. The summed E-state index contributed by atoms with van der Waals surface area (Å²) < 4.78 is 6.30. The Morgan fingerprint density at radius 1 is 1.29 bits per heavy atom. The van der Waals surface area contributed by atoms with Gasteiger partial charge in [0.25, 0.3) is 0 Å². The standard InChI is InChI=1S/C18H30N2O/c1-8-19-16(14-10-9-12(2)20-13(14)3)15-11-17(4,5)21-18(15,6)7/h9-10,15-16,19H,8,11H2,1-7H3. The van der Waals surface area contributed by atoms with E-state index in [0.717, 1.165) is 24.4 Å². The first kappa shape index (κ1) is 16.4. The Morgan fingerprint density at radius 2 is 1.95 bits per heavy atom. The molecule has 3 nitrogen and oxygen atoms in total. The van der Waals surface area contributed by atoms with Crippen molar-refractivity contribution in [1.82, 2.24) is 10.3 Å². The van der Waals surface area contributed by atoms with Crippen LogP contribution in [0, 0.1) is 19.8 Å². The molecule has 0 saturated carbocycles. The van der Waals surface area contributed by atoms with E-state index in [1.807, 2.05) is 6.92 Å². The first-order chi connectivity index (χ1) is 9.66. The van der Waals surface area contributed by atoms with Crippen LogP contribution in [0.2, 0.25) is 0 Å². The number of aryl methyl sites for hydroxylation is 2. The average molecular weight is 290 g/mol. The molecule has 2 atom stereocenters. The molecule has 21 heavy (non-hydrogen) atoms. The molecule has 0 spiro atoms. The molecule has 1 fully saturated rings. The zero-order valence-corrected chi connectivity index (χ0v) is 14.6. The van der Waals surface area contributed by atoms with Gasteiger partial charge in [-0.15, -0.1) is 0 Å². The fourth-order valence-corrected chi connectivity index (χ4v) is 3.84. The minimum Gasteiger partial charge on any atom is -0.369 e. The summed E-state index contributed by atoms with van der Waals surface area (Å²) in [6.45, 7) is 16.1. The van der Waals surface area contributed by atoms with Gasteiger partial charge in [0.05, 0.1) is 11.2 Å². The molecule has 2 rings (SSSR count). The van der Waals surface area contributed by atoms with Crippen molar-refractivity contribution in [2.45, 2.75) is 72.1 Å². The minimum atomic E-state index is -0.131. The molecule has 1 aliphatic heterocycles. The third kappa shape index (κ3) is 3.46. The van der Waals surface area contributed by atoms with Crippen LogP contribution >= 0.6 is 0 Å². The number of ether oxygens (including phenoxy) is 1. The summed E-state index contributed by atoms with van der Waals surface area (Å²) in [6, 6.07) is 4.63. The van der Waals surface area contributed by atoms with Crippen LogP contribution in [0.3, 0.4) is 0 Å². The summed E-state index contributed by atoms with van der Waals surface area (Å²) in [5, 5.41) is 3.67. The molecule has 1 aliphatic rings.